The van der Waals surface area contributed by atoms with Crippen LogP contribution in [0.4, 0.5) is 0 Å². The molecule has 0 unspecified atom stereocenters. The smallest absolute Gasteiger partial charge is 0.273 e. The second-order valence-corrected chi connectivity index (χ2v) is 13.4. The van der Waals surface area contributed by atoms with E-state index >= 15 is 0 Å². The molecule has 0 N–H and O–H groups in total. The maximum Gasteiger partial charge on any atom is 0.273 e. The van der Waals surface area contributed by atoms with E-state index in [2.05, 4.69) is 33.3 Å². The van der Waals surface area contributed by atoms with Gasteiger partial charge in [0, 0.05) is 44.5 Å². The molecule has 0 radical (unpaired) electrons. The molecule has 1 saturated heterocycles. The van der Waals surface area contributed by atoms with Crippen molar-refractivity contribution in [2.75, 3.05) is 33.0 Å². The van der Waals surface area contributed by atoms with Gasteiger partial charge in [-0.2, -0.15) is 0 Å². The number of halogens is 2. The SMILES string of the molecule is O=C(c1csc(CSc2nnc(Cc3ccccc3)n2-c2ccc(Cl)c(Cl)c2)n1)N1CCN(Cc2ccc3c(c2)OCO3)CC1. The quantitative estimate of drug-likeness (QED) is 0.161. The summed E-state index contributed by atoms with van der Waals surface area (Å²) in [5, 5.41) is 13.4. The van der Waals surface area contributed by atoms with Crippen molar-refractivity contribution in [3.8, 4) is 17.2 Å². The Morgan fingerprint density at radius 2 is 1.71 bits per heavy atom. The van der Waals surface area contributed by atoms with Gasteiger partial charge in [-0.05, 0) is 41.5 Å². The van der Waals surface area contributed by atoms with Crippen LogP contribution >= 0.6 is 46.3 Å². The Hall–Kier alpha value is -3.61. The number of amides is 1. The molecule has 7 rings (SSSR count). The van der Waals surface area contributed by atoms with E-state index in [-0.39, 0.29) is 12.7 Å². The van der Waals surface area contributed by atoms with Crippen LogP contribution in [0.1, 0.15) is 32.4 Å². The van der Waals surface area contributed by atoms with Crippen LogP contribution in [0.25, 0.3) is 5.69 Å². The Balaban J connectivity index is 0.988. The average molecular weight is 680 g/mol. The maximum atomic E-state index is 13.3. The van der Waals surface area contributed by atoms with Crippen LogP contribution in [-0.2, 0) is 18.7 Å². The van der Waals surface area contributed by atoms with Crippen LogP contribution in [0, 0.1) is 0 Å². The van der Waals surface area contributed by atoms with E-state index in [4.69, 9.17) is 37.7 Å². The lowest BCUT2D eigenvalue weighted by Gasteiger charge is -2.34. The first kappa shape index (κ1) is 30.1. The first-order valence-corrected chi connectivity index (χ1v) is 17.0. The summed E-state index contributed by atoms with van der Waals surface area (Å²) in [5.74, 6) is 2.88. The van der Waals surface area contributed by atoms with E-state index in [0.717, 1.165) is 53.2 Å². The number of nitrogens with zero attached hydrogens (tertiary/aromatic N) is 6. The fraction of sp³-hybridized carbons (Fsp3) is 0.250. The summed E-state index contributed by atoms with van der Waals surface area (Å²) in [6.07, 6.45) is 0.606. The fourth-order valence-corrected chi connectivity index (χ4v) is 7.39. The third kappa shape index (κ3) is 6.83. The molecule has 0 aliphatic carbocycles. The molecule has 4 heterocycles. The first-order valence-electron chi connectivity index (χ1n) is 14.4. The van der Waals surface area contributed by atoms with E-state index in [1.807, 2.05) is 57.3 Å². The van der Waals surface area contributed by atoms with Crippen LogP contribution in [0.5, 0.6) is 11.5 Å². The Morgan fingerprint density at radius 3 is 2.53 bits per heavy atom. The Labute approximate surface area is 278 Å². The fourth-order valence-electron chi connectivity index (χ4n) is 5.34. The number of thiazole rings is 1. The molecular weight excluding hydrogens is 651 g/mol. The summed E-state index contributed by atoms with van der Waals surface area (Å²) in [5.41, 5.74) is 3.61. The van der Waals surface area contributed by atoms with E-state index in [1.165, 1.54) is 28.7 Å². The molecule has 2 aromatic heterocycles. The van der Waals surface area contributed by atoms with Crippen molar-refractivity contribution in [3.05, 3.63) is 110 Å². The number of aromatic nitrogens is 4. The van der Waals surface area contributed by atoms with E-state index in [9.17, 15) is 4.79 Å². The van der Waals surface area contributed by atoms with Gasteiger partial charge in [-0.3, -0.25) is 14.3 Å². The van der Waals surface area contributed by atoms with Gasteiger partial charge in [0.25, 0.3) is 5.91 Å². The molecule has 0 bridgehead atoms. The topological polar surface area (TPSA) is 85.6 Å². The number of hydrogen-bond donors (Lipinski definition) is 0. The van der Waals surface area contributed by atoms with Crippen LogP contribution in [-0.4, -0.2) is 68.4 Å². The number of thioether (sulfide) groups is 1. The normalized spacial score (nSPS) is 14.7. The predicted molar refractivity (Wildman–Crippen MR) is 176 cm³/mol. The van der Waals surface area contributed by atoms with Gasteiger partial charge in [0.05, 0.1) is 21.5 Å². The Bertz CT molecular complexity index is 1820. The third-order valence-electron chi connectivity index (χ3n) is 7.67. The molecule has 2 aliphatic heterocycles. The number of carbonyl (C=O) groups is 1. The lowest BCUT2D eigenvalue weighted by molar-refractivity contribution is 0.0623. The molecule has 1 amide bonds. The standard InChI is InChI=1S/C32H28Cl2N6O3S2/c33-24-8-7-23(16-25(24)34)40-29(15-21-4-2-1-3-5-21)36-37-32(40)45-19-30-35-26(18-44-30)31(41)39-12-10-38(11-13-39)17-22-6-9-27-28(14-22)43-20-42-27/h1-9,14,16,18H,10-13,15,17,19-20H2. The minimum atomic E-state index is -0.0330. The summed E-state index contributed by atoms with van der Waals surface area (Å²) in [4.78, 5) is 22.3. The van der Waals surface area contributed by atoms with E-state index < -0.39 is 0 Å². The minimum absolute atomic E-state index is 0.0330. The highest BCUT2D eigenvalue weighted by Crippen LogP contribution is 2.33. The van der Waals surface area contributed by atoms with Crippen molar-refractivity contribution in [1.82, 2.24) is 29.5 Å². The molecule has 230 valence electrons. The lowest BCUT2D eigenvalue weighted by Crippen LogP contribution is -2.48. The number of benzene rings is 3. The van der Waals surface area contributed by atoms with Crippen molar-refractivity contribution < 1.29 is 14.3 Å². The van der Waals surface area contributed by atoms with Crippen molar-refractivity contribution in [1.29, 1.82) is 0 Å². The highest BCUT2D eigenvalue weighted by atomic mass is 35.5. The zero-order valence-corrected chi connectivity index (χ0v) is 27.2. The number of piperazine rings is 1. The molecule has 9 nitrogen and oxygen atoms in total. The number of hydrogen-bond acceptors (Lipinski definition) is 9. The van der Waals surface area contributed by atoms with Gasteiger partial charge >= 0.3 is 0 Å². The van der Waals surface area contributed by atoms with Crippen LogP contribution < -0.4 is 9.47 Å². The zero-order chi connectivity index (χ0) is 30.8. The summed E-state index contributed by atoms with van der Waals surface area (Å²) < 4.78 is 12.9. The second kappa shape index (κ2) is 13.4. The number of rotatable bonds is 9. The molecule has 1 fully saturated rings. The zero-order valence-electron chi connectivity index (χ0n) is 24.1. The Kier molecular flexibility index (Phi) is 8.95. The Morgan fingerprint density at radius 1 is 0.889 bits per heavy atom. The summed E-state index contributed by atoms with van der Waals surface area (Å²) >= 11 is 15.6. The predicted octanol–water partition coefficient (Wildman–Crippen LogP) is 6.60. The molecule has 3 aromatic carbocycles. The lowest BCUT2D eigenvalue weighted by atomic mass is 10.1. The van der Waals surface area contributed by atoms with Gasteiger partial charge < -0.3 is 14.4 Å². The summed E-state index contributed by atoms with van der Waals surface area (Å²) in [6, 6.07) is 21.7. The van der Waals surface area contributed by atoms with E-state index in [0.29, 0.717) is 46.2 Å². The number of carbonyl (C=O) groups excluding carboxylic acids is 1. The molecular formula is C32H28Cl2N6O3S2. The first-order chi connectivity index (χ1) is 22.0. The molecule has 0 atom stereocenters. The monoisotopic (exact) mass is 678 g/mol. The molecule has 13 heteroatoms. The minimum Gasteiger partial charge on any atom is -0.454 e. The van der Waals surface area contributed by atoms with Gasteiger partial charge in [0.2, 0.25) is 6.79 Å². The summed E-state index contributed by atoms with van der Waals surface area (Å²) in [7, 11) is 0. The van der Waals surface area contributed by atoms with Gasteiger partial charge in [0.1, 0.15) is 16.5 Å². The van der Waals surface area contributed by atoms with Crippen molar-refractivity contribution >= 4 is 52.2 Å². The molecule has 0 saturated carbocycles. The molecule has 5 aromatic rings. The summed E-state index contributed by atoms with van der Waals surface area (Å²) in [6.45, 7) is 3.97. The van der Waals surface area contributed by atoms with Crippen LogP contribution in [0.2, 0.25) is 10.0 Å². The highest BCUT2D eigenvalue weighted by Gasteiger charge is 2.25. The van der Waals surface area contributed by atoms with Gasteiger partial charge in [-0.25, -0.2) is 4.98 Å². The van der Waals surface area contributed by atoms with Gasteiger partial charge in [-0.15, -0.1) is 21.5 Å². The maximum absolute atomic E-state index is 13.3. The average Bonchev–Trinajstić information content (AvgIpc) is 3.82. The van der Waals surface area contributed by atoms with Crippen LogP contribution in [0.3, 0.4) is 0 Å². The molecule has 2 aliphatic rings. The molecule has 45 heavy (non-hydrogen) atoms. The third-order valence-corrected chi connectivity index (χ3v) is 10.4. The van der Waals surface area contributed by atoms with Crippen LogP contribution in [0.15, 0.2) is 77.3 Å². The van der Waals surface area contributed by atoms with Gasteiger partial charge in [-0.1, -0.05) is 71.4 Å². The second-order valence-electron chi connectivity index (χ2n) is 10.7. The van der Waals surface area contributed by atoms with Crippen molar-refractivity contribution in [2.24, 2.45) is 0 Å². The van der Waals surface area contributed by atoms with E-state index in [1.54, 1.807) is 6.07 Å². The molecule has 0 spiro atoms. The number of fused-ring (bicyclic) bond motifs is 1. The van der Waals surface area contributed by atoms with Gasteiger partial charge in [0.15, 0.2) is 16.7 Å². The number of ether oxygens (including phenoxy) is 2. The van der Waals surface area contributed by atoms with Crippen molar-refractivity contribution in [3.63, 3.8) is 0 Å². The largest absolute Gasteiger partial charge is 0.454 e. The van der Waals surface area contributed by atoms with Crippen molar-refractivity contribution in [2.45, 2.75) is 23.9 Å². The highest BCUT2D eigenvalue weighted by molar-refractivity contribution is 7.98.